The number of hydrogen-bond donors (Lipinski definition) is 2. The smallest absolute Gasteiger partial charge is 0.335 e. The Hall–Kier alpha value is -2.28. The first-order valence-corrected chi connectivity index (χ1v) is 3.83. The average Bonchev–Trinajstić information content (AvgIpc) is 2.14. The van der Waals surface area contributed by atoms with Crippen LogP contribution in [0.2, 0.25) is 0 Å². The standard InChI is InChI=1S/C10H8N2O2/c11-3-1-2-7-4-8(10(13)14)6-9(12)5-7/h1-2,4-6H,12H2,(H,13,14). The van der Waals surface area contributed by atoms with Gasteiger partial charge in [-0.2, -0.15) is 5.26 Å². The van der Waals surface area contributed by atoms with E-state index in [1.54, 1.807) is 6.07 Å². The molecule has 0 atom stereocenters. The predicted molar refractivity (Wildman–Crippen MR) is 52.5 cm³/mol. The van der Waals surface area contributed by atoms with Crippen molar-refractivity contribution in [2.75, 3.05) is 5.73 Å². The highest BCUT2D eigenvalue weighted by Gasteiger charge is 2.03. The van der Waals surface area contributed by atoms with Gasteiger partial charge >= 0.3 is 5.97 Å². The van der Waals surface area contributed by atoms with Crippen molar-refractivity contribution in [3.8, 4) is 6.07 Å². The van der Waals surface area contributed by atoms with Gasteiger partial charge in [0.05, 0.1) is 11.6 Å². The molecule has 0 unspecified atom stereocenters. The Morgan fingerprint density at radius 1 is 1.50 bits per heavy atom. The van der Waals surface area contributed by atoms with E-state index in [-0.39, 0.29) is 5.56 Å². The van der Waals surface area contributed by atoms with Crippen LogP contribution in [0.1, 0.15) is 15.9 Å². The lowest BCUT2D eigenvalue weighted by atomic mass is 10.1. The van der Waals surface area contributed by atoms with Crippen LogP contribution < -0.4 is 5.73 Å². The molecule has 0 bridgehead atoms. The molecule has 4 nitrogen and oxygen atoms in total. The maximum absolute atomic E-state index is 10.6. The summed E-state index contributed by atoms with van der Waals surface area (Å²) in [7, 11) is 0. The van der Waals surface area contributed by atoms with Crippen molar-refractivity contribution >= 4 is 17.7 Å². The lowest BCUT2D eigenvalue weighted by Crippen LogP contribution is -1.98. The molecule has 0 radical (unpaired) electrons. The number of hydrogen-bond acceptors (Lipinski definition) is 3. The van der Waals surface area contributed by atoms with E-state index < -0.39 is 5.97 Å². The van der Waals surface area contributed by atoms with Crippen molar-refractivity contribution in [3.05, 3.63) is 35.4 Å². The first kappa shape index (κ1) is 9.81. The number of carboxylic acids is 1. The van der Waals surface area contributed by atoms with Gasteiger partial charge in [0.15, 0.2) is 0 Å². The molecule has 0 saturated carbocycles. The highest BCUT2D eigenvalue weighted by atomic mass is 16.4. The summed E-state index contributed by atoms with van der Waals surface area (Å²) in [6.45, 7) is 0. The number of carbonyl (C=O) groups is 1. The molecule has 14 heavy (non-hydrogen) atoms. The predicted octanol–water partition coefficient (Wildman–Crippen LogP) is 1.50. The van der Waals surface area contributed by atoms with Crippen LogP contribution in [-0.4, -0.2) is 11.1 Å². The van der Waals surface area contributed by atoms with E-state index >= 15 is 0 Å². The van der Waals surface area contributed by atoms with E-state index in [0.717, 1.165) is 0 Å². The number of anilines is 1. The molecule has 0 aromatic heterocycles. The summed E-state index contributed by atoms with van der Waals surface area (Å²) in [5.41, 5.74) is 6.57. The number of allylic oxidation sites excluding steroid dienone is 1. The lowest BCUT2D eigenvalue weighted by Gasteiger charge is -1.99. The summed E-state index contributed by atoms with van der Waals surface area (Å²) in [5.74, 6) is -1.04. The maximum Gasteiger partial charge on any atom is 0.335 e. The number of nitrogens with two attached hydrogens (primary N) is 1. The molecule has 0 spiro atoms. The Morgan fingerprint density at radius 2 is 2.21 bits per heavy atom. The molecule has 70 valence electrons. The minimum Gasteiger partial charge on any atom is -0.478 e. The number of nitriles is 1. The minimum absolute atomic E-state index is 0.114. The van der Waals surface area contributed by atoms with Gasteiger partial charge in [0, 0.05) is 11.8 Å². The molecular weight excluding hydrogens is 180 g/mol. The van der Waals surface area contributed by atoms with Crippen LogP contribution in [0, 0.1) is 11.3 Å². The SMILES string of the molecule is N#CC=Cc1cc(N)cc(C(=O)O)c1. The lowest BCUT2D eigenvalue weighted by molar-refractivity contribution is 0.0697. The number of rotatable bonds is 2. The van der Waals surface area contributed by atoms with Crippen molar-refractivity contribution in [1.82, 2.24) is 0 Å². The quantitative estimate of drug-likeness (QED) is 0.543. The highest BCUT2D eigenvalue weighted by Crippen LogP contribution is 2.13. The monoisotopic (exact) mass is 188 g/mol. The normalized spacial score (nSPS) is 9.93. The molecule has 0 fully saturated rings. The fraction of sp³-hybridized carbons (Fsp3) is 0. The topological polar surface area (TPSA) is 87.1 Å². The molecule has 0 aliphatic carbocycles. The Labute approximate surface area is 80.9 Å². The van der Waals surface area contributed by atoms with Gasteiger partial charge in [0.2, 0.25) is 0 Å². The molecule has 0 aliphatic heterocycles. The van der Waals surface area contributed by atoms with Crippen LogP contribution in [0.25, 0.3) is 6.08 Å². The summed E-state index contributed by atoms with van der Waals surface area (Å²) in [4.78, 5) is 10.6. The van der Waals surface area contributed by atoms with Gasteiger partial charge in [-0.1, -0.05) is 0 Å². The zero-order chi connectivity index (χ0) is 10.6. The molecular formula is C10H8N2O2. The Morgan fingerprint density at radius 3 is 2.79 bits per heavy atom. The molecule has 4 heteroatoms. The molecule has 3 N–H and O–H groups in total. The van der Waals surface area contributed by atoms with Crippen molar-refractivity contribution in [3.63, 3.8) is 0 Å². The van der Waals surface area contributed by atoms with Crippen LogP contribution in [0.4, 0.5) is 5.69 Å². The number of aromatic carboxylic acids is 1. The summed E-state index contributed by atoms with van der Waals surface area (Å²) < 4.78 is 0. The van der Waals surface area contributed by atoms with E-state index in [0.29, 0.717) is 11.3 Å². The Balaban J connectivity index is 3.15. The molecule has 1 aromatic rings. The summed E-state index contributed by atoms with van der Waals surface area (Å²) in [6.07, 6.45) is 2.77. The highest BCUT2D eigenvalue weighted by molar-refractivity contribution is 5.89. The second-order valence-corrected chi connectivity index (χ2v) is 2.66. The maximum atomic E-state index is 10.6. The van der Waals surface area contributed by atoms with E-state index in [2.05, 4.69) is 0 Å². The van der Waals surface area contributed by atoms with Crippen molar-refractivity contribution in [1.29, 1.82) is 5.26 Å². The Bertz CT molecular complexity index is 430. The molecule has 0 saturated heterocycles. The first-order chi connectivity index (χ1) is 6.63. The molecule has 0 heterocycles. The summed E-state index contributed by atoms with van der Waals surface area (Å²) in [5, 5.41) is 17.0. The van der Waals surface area contributed by atoms with Crippen molar-refractivity contribution in [2.45, 2.75) is 0 Å². The van der Waals surface area contributed by atoms with Gasteiger partial charge in [-0.15, -0.1) is 0 Å². The van der Waals surface area contributed by atoms with Crippen LogP contribution in [-0.2, 0) is 0 Å². The third-order valence-corrected chi connectivity index (χ3v) is 1.57. The second-order valence-electron chi connectivity index (χ2n) is 2.66. The van der Waals surface area contributed by atoms with E-state index in [9.17, 15) is 4.79 Å². The third kappa shape index (κ3) is 2.35. The van der Waals surface area contributed by atoms with E-state index in [1.165, 1.54) is 24.3 Å². The van der Waals surface area contributed by atoms with Crippen LogP contribution in [0.3, 0.4) is 0 Å². The zero-order valence-corrected chi connectivity index (χ0v) is 7.27. The number of benzene rings is 1. The average molecular weight is 188 g/mol. The second kappa shape index (κ2) is 4.10. The van der Waals surface area contributed by atoms with Gasteiger partial charge < -0.3 is 10.8 Å². The molecule has 0 aliphatic rings. The fourth-order valence-electron chi connectivity index (χ4n) is 1.03. The van der Waals surface area contributed by atoms with Gasteiger partial charge in [-0.25, -0.2) is 4.79 Å². The number of carboxylic acid groups (broad SMARTS) is 1. The van der Waals surface area contributed by atoms with E-state index in [1.807, 2.05) is 6.07 Å². The summed E-state index contributed by atoms with van der Waals surface area (Å²) in [6, 6.07) is 6.23. The van der Waals surface area contributed by atoms with Gasteiger partial charge in [-0.3, -0.25) is 0 Å². The summed E-state index contributed by atoms with van der Waals surface area (Å²) >= 11 is 0. The van der Waals surface area contributed by atoms with Crippen LogP contribution in [0.5, 0.6) is 0 Å². The fourth-order valence-corrected chi connectivity index (χ4v) is 1.03. The van der Waals surface area contributed by atoms with Crippen molar-refractivity contribution in [2.24, 2.45) is 0 Å². The van der Waals surface area contributed by atoms with E-state index in [4.69, 9.17) is 16.1 Å². The molecule has 0 amide bonds. The molecule has 1 aromatic carbocycles. The minimum atomic E-state index is -1.04. The van der Waals surface area contributed by atoms with Crippen molar-refractivity contribution < 1.29 is 9.90 Å². The largest absolute Gasteiger partial charge is 0.478 e. The van der Waals surface area contributed by atoms with Gasteiger partial charge in [0.1, 0.15) is 0 Å². The van der Waals surface area contributed by atoms with Crippen LogP contribution in [0.15, 0.2) is 24.3 Å². The zero-order valence-electron chi connectivity index (χ0n) is 7.27. The van der Waals surface area contributed by atoms with Gasteiger partial charge in [-0.05, 0) is 29.8 Å². The van der Waals surface area contributed by atoms with Gasteiger partial charge in [0.25, 0.3) is 0 Å². The third-order valence-electron chi connectivity index (χ3n) is 1.57. The number of nitrogen functional groups attached to an aromatic ring is 1. The molecule has 1 rings (SSSR count). The Kier molecular flexibility index (Phi) is 2.87. The van der Waals surface area contributed by atoms with Crippen LogP contribution >= 0.6 is 0 Å². The number of nitrogens with zero attached hydrogens (tertiary/aromatic N) is 1. The first-order valence-electron chi connectivity index (χ1n) is 3.83.